The van der Waals surface area contributed by atoms with Crippen molar-refractivity contribution in [3.05, 3.63) is 47.6 Å². The molecular formula is C26H34N6O4. The maximum Gasteiger partial charge on any atom is 0.407 e. The summed E-state index contributed by atoms with van der Waals surface area (Å²) in [5.74, 6) is 1.24. The summed E-state index contributed by atoms with van der Waals surface area (Å²) in [6.07, 6.45) is 6.17. The molecule has 1 fully saturated rings. The predicted octanol–water partition coefficient (Wildman–Crippen LogP) is 3.51. The van der Waals surface area contributed by atoms with E-state index in [0.717, 1.165) is 11.1 Å². The number of rotatable bonds is 7. The average Bonchev–Trinajstić information content (AvgIpc) is 3.22. The lowest BCUT2D eigenvalue weighted by Crippen LogP contribution is -2.54. The molecule has 0 aromatic carbocycles. The molecule has 10 nitrogen and oxygen atoms in total. The Bertz CT molecular complexity index is 1220. The number of ether oxygens (including phenoxy) is 2. The van der Waals surface area contributed by atoms with Gasteiger partial charge < -0.3 is 24.8 Å². The van der Waals surface area contributed by atoms with E-state index in [1.165, 1.54) is 6.20 Å². The molecule has 3 rings (SSSR count). The van der Waals surface area contributed by atoms with Crippen LogP contribution in [0.2, 0.25) is 0 Å². The van der Waals surface area contributed by atoms with Crippen molar-refractivity contribution in [3.63, 3.8) is 0 Å². The van der Waals surface area contributed by atoms with E-state index in [1.807, 2.05) is 37.0 Å². The number of aliphatic hydroxyl groups is 1. The van der Waals surface area contributed by atoms with E-state index in [1.54, 1.807) is 31.5 Å². The molecule has 192 valence electrons. The van der Waals surface area contributed by atoms with E-state index < -0.39 is 23.8 Å². The number of carbonyl (C=O) groups is 1. The average molecular weight is 495 g/mol. The molecule has 1 amide bonds. The molecule has 2 N–H and O–H groups in total. The number of aliphatic imine (C=N–C) groups is 1. The van der Waals surface area contributed by atoms with Gasteiger partial charge in [0.25, 0.3) is 0 Å². The molecule has 0 aliphatic carbocycles. The highest BCUT2D eigenvalue weighted by Gasteiger charge is 2.31. The molecule has 1 aliphatic rings. The Morgan fingerprint density at radius 1 is 1.44 bits per heavy atom. The van der Waals surface area contributed by atoms with Crippen LogP contribution in [0.4, 0.5) is 4.79 Å². The van der Waals surface area contributed by atoms with Gasteiger partial charge in [-0.05, 0) is 65.5 Å². The highest BCUT2D eigenvalue weighted by atomic mass is 16.6. The van der Waals surface area contributed by atoms with Crippen molar-refractivity contribution in [2.24, 2.45) is 4.99 Å². The number of amides is 1. The molecule has 0 unspecified atom stereocenters. The van der Waals surface area contributed by atoms with Crippen molar-refractivity contribution in [1.82, 2.24) is 19.8 Å². The molecule has 2 aromatic heterocycles. The first-order valence-electron chi connectivity index (χ1n) is 11.9. The van der Waals surface area contributed by atoms with Crippen LogP contribution >= 0.6 is 0 Å². The number of β-amino-alcohol motifs (C(OH)–C–C–N with tert-alkyl or cyclic N) is 1. The zero-order valence-electron chi connectivity index (χ0n) is 21.5. The Morgan fingerprint density at radius 2 is 2.19 bits per heavy atom. The fraction of sp³-hybridized carbons (Fsp3) is 0.462. The lowest BCUT2D eigenvalue weighted by atomic mass is 10.0. The standard InChI is InChI=1S/C26H34N6O4/c1-7-35-19-12-20(24-18(13-27)14-29-32(24)15-19)17(2)8-9-23(28-6)31-11-10-21(22(33)16-31)30-25(34)36-26(3,4)5/h8-9,12,14-15,21-22,33H,6-7,10-11,16H2,1-5H3,(H,30,34)/b17-8+,23-9+/t21-,22-/m0/s1. The predicted molar refractivity (Wildman–Crippen MR) is 138 cm³/mol. The number of fused-ring (bicyclic) bond motifs is 1. The van der Waals surface area contributed by atoms with Crippen molar-refractivity contribution in [2.45, 2.75) is 58.8 Å². The molecular weight excluding hydrogens is 460 g/mol. The first-order chi connectivity index (χ1) is 17.1. The van der Waals surface area contributed by atoms with Crippen molar-refractivity contribution in [2.75, 3.05) is 19.7 Å². The first-order valence-corrected chi connectivity index (χ1v) is 11.9. The van der Waals surface area contributed by atoms with Gasteiger partial charge in [0.2, 0.25) is 0 Å². The third-order valence-electron chi connectivity index (χ3n) is 5.70. The zero-order valence-corrected chi connectivity index (χ0v) is 21.5. The Morgan fingerprint density at radius 3 is 2.81 bits per heavy atom. The minimum Gasteiger partial charge on any atom is -0.492 e. The highest BCUT2D eigenvalue weighted by Crippen LogP contribution is 2.28. The number of nitrogens with one attached hydrogen (secondary N) is 1. The van der Waals surface area contributed by atoms with Crippen LogP contribution in [0.5, 0.6) is 5.75 Å². The summed E-state index contributed by atoms with van der Waals surface area (Å²) < 4.78 is 12.6. The fourth-order valence-electron chi connectivity index (χ4n) is 4.04. The quantitative estimate of drug-likeness (QED) is 0.446. The first kappa shape index (κ1) is 26.8. The molecule has 1 saturated heterocycles. The number of allylic oxidation sites excluding steroid dienone is 3. The topological polar surface area (TPSA) is 124 Å². The fourth-order valence-corrected chi connectivity index (χ4v) is 4.04. The summed E-state index contributed by atoms with van der Waals surface area (Å²) in [5.41, 5.74) is 2.24. The monoisotopic (exact) mass is 494 g/mol. The zero-order chi connectivity index (χ0) is 26.5. The second kappa shape index (κ2) is 11.3. The summed E-state index contributed by atoms with van der Waals surface area (Å²) in [7, 11) is 0. The van der Waals surface area contributed by atoms with Crippen LogP contribution in [-0.4, -0.2) is 69.9 Å². The van der Waals surface area contributed by atoms with Crippen molar-refractivity contribution < 1.29 is 19.4 Å². The number of aromatic nitrogens is 2. The second-order valence-corrected chi connectivity index (χ2v) is 9.57. The third-order valence-corrected chi connectivity index (χ3v) is 5.70. The summed E-state index contributed by atoms with van der Waals surface area (Å²) >= 11 is 0. The number of nitriles is 1. The van der Waals surface area contributed by atoms with Crippen molar-refractivity contribution >= 4 is 23.9 Å². The Kier molecular flexibility index (Phi) is 8.37. The largest absolute Gasteiger partial charge is 0.492 e. The number of likely N-dealkylation sites (tertiary alicyclic amines) is 1. The molecule has 10 heteroatoms. The summed E-state index contributed by atoms with van der Waals surface area (Å²) in [6, 6.07) is 3.66. The lowest BCUT2D eigenvalue weighted by Gasteiger charge is -2.37. The molecule has 0 spiro atoms. The number of hydrogen-bond acceptors (Lipinski definition) is 8. The van der Waals surface area contributed by atoms with Gasteiger partial charge in [0, 0.05) is 18.7 Å². The summed E-state index contributed by atoms with van der Waals surface area (Å²) in [4.78, 5) is 18.2. The number of aliphatic hydroxyl groups excluding tert-OH is 1. The van der Waals surface area contributed by atoms with Gasteiger partial charge in [0.1, 0.15) is 23.2 Å². The number of alkyl carbamates (subject to hydrolysis) is 1. The van der Waals surface area contributed by atoms with Crippen LogP contribution in [0.3, 0.4) is 0 Å². The van der Waals surface area contributed by atoms with Crippen LogP contribution in [-0.2, 0) is 4.74 Å². The second-order valence-electron chi connectivity index (χ2n) is 9.57. The van der Waals surface area contributed by atoms with Crippen molar-refractivity contribution in [1.29, 1.82) is 5.26 Å². The van der Waals surface area contributed by atoms with Crippen LogP contribution in [0.15, 0.2) is 41.4 Å². The Labute approximate surface area is 211 Å². The molecule has 3 heterocycles. The molecule has 36 heavy (non-hydrogen) atoms. The smallest absolute Gasteiger partial charge is 0.407 e. The summed E-state index contributed by atoms with van der Waals surface area (Å²) in [5, 5.41) is 27.2. The van der Waals surface area contributed by atoms with E-state index in [0.29, 0.717) is 42.2 Å². The number of pyridine rings is 1. The number of nitrogens with zero attached hydrogens (tertiary/aromatic N) is 5. The maximum absolute atomic E-state index is 12.1. The minimum absolute atomic E-state index is 0.281. The van der Waals surface area contributed by atoms with E-state index in [2.05, 4.69) is 28.2 Å². The number of hydrogen-bond donors (Lipinski definition) is 2. The van der Waals surface area contributed by atoms with E-state index >= 15 is 0 Å². The van der Waals surface area contributed by atoms with Gasteiger partial charge in [-0.25, -0.2) is 14.3 Å². The van der Waals surface area contributed by atoms with Gasteiger partial charge in [-0.3, -0.25) is 0 Å². The highest BCUT2D eigenvalue weighted by molar-refractivity contribution is 5.82. The molecule has 0 saturated carbocycles. The van der Waals surface area contributed by atoms with Crippen molar-refractivity contribution in [3.8, 4) is 11.8 Å². The minimum atomic E-state index is -0.797. The molecule has 0 bridgehead atoms. The molecule has 2 aromatic rings. The Balaban J connectivity index is 1.79. The van der Waals surface area contributed by atoms with E-state index in [-0.39, 0.29) is 6.54 Å². The van der Waals surface area contributed by atoms with Gasteiger partial charge >= 0.3 is 6.09 Å². The SMILES string of the molecule is C=N/C(=C\C=C(/C)c1cc(OCC)cn2ncc(C#N)c12)N1CC[C@H](NC(=O)OC(C)(C)C)[C@@H](O)C1. The van der Waals surface area contributed by atoms with E-state index in [4.69, 9.17) is 9.47 Å². The van der Waals surface area contributed by atoms with Gasteiger partial charge in [-0.1, -0.05) is 6.08 Å². The molecule has 0 radical (unpaired) electrons. The van der Waals surface area contributed by atoms with Crippen LogP contribution in [0, 0.1) is 11.3 Å². The van der Waals surface area contributed by atoms with Crippen LogP contribution in [0.25, 0.3) is 11.1 Å². The maximum atomic E-state index is 12.1. The Hall–Kier alpha value is -3.84. The lowest BCUT2D eigenvalue weighted by molar-refractivity contribution is 0.0263. The van der Waals surface area contributed by atoms with Gasteiger partial charge in [-0.15, -0.1) is 0 Å². The van der Waals surface area contributed by atoms with Crippen LogP contribution < -0.4 is 10.1 Å². The van der Waals surface area contributed by atoms with Gasteiger partial charge in [-0.2, -0.15) is 10.4 Å². The van der Waals surface area contributed by atoms with Crippen LogP contribution in [0.1, 0.15) is 52.2 Å². The third kappa shape index (κ3) is 6.43. The van der Waals surface area contributed by atoms with E-state index in [9.17, 15) is 15.2 Å². The normalized spacial score (nSPS) is 19.1. The van der Waals surface area contributed by atoms with Gasteiger partial charge in [0.05, 0.1) is 42.2 Å². The number of carbonyl (C=O) groups excluding carboxylic acids is 1. The summed E-state index contributed by atoms with van der Waals surface area (Å²) in [6.45, 7) is 14.3. The number of piperidine rings is 1. The van der Waals surface area contributed by atoms with Gasteiger partial charge in [0.15, 0.2) is 0 Å². The molecule has 1 aliphatic heterocycles. The molecule has 2 atom stereocenters.